The third-order valence-corrected chi connectivity index (χ3v) is 4.13. The maximum Gasteiger partial charge on any atom is 0.120 e. The predicted molar refractivity (Wildman–Crippen MR) is 103 cm³/mol. The summed E-state index contributed by atoms with van der Waals surface area (Å²) in [5.41, 5.74) is 5.02. The van der Waals surface area contributed by atoms with Crippen LogP contribution in [0.3, 0.4) is 0 Å². The summed E-state index contributed by atoms with van der Waals surface area (Å²) in [6.07, 6.45) is 0. The van der Waals surface area contributed by atoms with Gasteiger partial charge in [0.05, 0.1) is 24.0 Å². The van der Waals surface area contributed by atoms with Gasteiger partial charge in [-0.05, 0) is 24.3 Å². The van der Waals surface area contributed by atoms with Gasteiger partial charge in [0, 0.05) is 22.7 Å². The Hall–Kier alpha value is -3.33. The van der Waals surface area contributed by atoms with Crippen molar-refractivity contribution in [3.63, 3.8) is 0 Å². The number of anilines is 2. The molecule has 3 aromatic carbocycles. The van der Waals surface area contributed by atoms with E-state index in [1.54, 1.807) is 7.11 Å². The highest BCUT2D eigenvalue weighted by Gasteiger charge is 2.08. The number of pyridine rings is 1. The molecule has 4 aromatic rings. The third kappa shape index (κ3) is 3.17. The lowest BCUT2D eigenvalue weighted by Crippen LogP contribution is -1.95. The van der Waals surface area contributed by atoms with Crippen LogP contribution >= 0.6 is 0 Å². The fourth-order valence-electron chi connectivity index (χ4n) is 2.89. The van der Waals surface area contributed by atoms with Crippen molar-refractivity contribution < 1.29 is 4.74 Å². The number of para-hydroxylation sites is 1. The Morgan fingerprint density at radius 1 is 0.800 bits per heavy atom. The molecule has 0 aliphatic carbocycles. The van der Waals surface area contributed by atoms with Gasteiger partial charge in [-0.1, -0.05) is 54.6 Å². The van der Waals surface area contributed by atoms with Crippen LogP contribution in [0.2, 0.25) is 0 Å². The molecule has 0 spiro atoms. The van der Waals surface area contributed by atoms with Gasteiger partial charge in [0.1, 0.15) is 5.75 Å². The Bertz CT molecular complexity index is 1010. The van der Waals surface area contributed by atoms with Crippen LogP contribution in [0.4, 0.5) is 11.4 Å². The number of fused-ring (bicyclic) bond motifs is 1. The molecule has 1 N–H and O–H groups in total. The molecule has 1 aromatic heterocycles. The van der Waals surface area contributed by atoms with Gasteiger partial charge in [-0.3, -0.25) is 0 Å². The molecule has 0 amide bonds. The summed E-state index contributed by atoms with van der Waals surface area (Å²) < 4.78 is 5.32. The zero-order chi connectivity index (χ0) is 17.1. The predicted octanol–water partition coefficient (Wildman–Crippen LogP) is 5.65. The molecule has 0 saturated heterocycles. The molecule has 0 fully saturated rings. The second kappa shape index (κ2) is 6.65. The topological polar surface area (TPSA) is 34.1 Å². The Morgan fingerprint density at radius 3 is 2.44 bits per heavy atom. The normalized spacial score (nSPS) is 10.6. The van der Waals surface area contributed by atoms with E-state index < -0.39 is 0 Å². The maximum absolute atomic E-state index is 5.32. The molecule has 0 unspecified atom stereocenters. The molecule has 0 aliphatic heterocycles. The first-order chi connectivity index (χ1) is 12.3. The SMILES string of the molecule is COc1cccc(Nc2cc(-c3ccccc3)nc3ccccc23)c1. The number of ether oxygens (including phenoxy) is 1. The smallest absolute Gasteiger partial charge is 0.120 e. The van der Waals surface area contributed by atoms with E-state index in [4.69, 9.17) is 9.72 Å². The molecule has 122 valence electrons. The summed E-state index contributed by atoms with van der Waals surface area (Å²) in [6.45, 7) is 0. The largest absolute Gasteiger partial charge is 0.497 e. The van der Waals surface area contributed by atoms with Crippen LogP contribution in [-0.4, -0.2) is 12.1 Å². The molecule has 0 bridgehead atoms. The first-order valence-corrected chi connectivity index (χ1v) is 8.20. The van der Waals surface area contributed by atoms with Gasteiger partial charge >= 0.3 is 0 Å². The first kappa shape index (κ1) is 15.2. The lowest BCUT2D eigenvalue weighted by atomic mass is 10.1. The van der Waals surface area contributed by atoms with Gasteiger partial charge in [-0.2, -0.15) is 0 Å². The number of nitrogens with zero attached hydrogens (tertiary/aromatic N) is 1. The molecule has 0 saturated carbocycles. The van der Waals surface area contributed by atoms with Crippen molar-refractivity contribution in [3.8, 4) is 17.0 Å². The Labute approximate surface area is 146 Å². The number of nitrogens with one attached hydrogen (secondary N) is 1. The monoisotopic (exact) mass is 326 g/mol. The summed E-state index contributed by atoms with van der Waals surface area (Å²) in [4.78, 5) is 4.82. The number of benzene rings is 3. The molecule has 1 heterocycles. The number of aromatic nitrogens is 1. The Balaban J connectivity index is 1.83. The zero-order valence-corrected chi connectivity index (χ0v) is 13.9. The quantitative estimate of drug-likeness (QED) is 0.526. The lowest BCUT2D eigenvalue weighted by molar-refractivity contribution is 0.415. The summed E-state index contributed by atoms with van der Waals surface area (Å²) in [6, 6.07) is 28.4. The maximum atomic E-state index is 5.32. The minimum atomic E-state index is 0.826. The summed E-state index contributed by atoms with van der Waals surface area (Å²) >= 11 is 0. The molecular weight excluding hydrogens is 308 g/mol. The van der Waals surface area contributed by atoms with Crippen LogP contribution < -0.4 is 10.1 Å². The van der Waals surface area contributed by atoms with Crippen molar-refractivity contribution in [1.82, 2.24) is 4.98 Å². The lowest BCUT2D eigenvalue weighted by Gasteiger charge is -2.13. The Kier molecular flexibility index (Phi) is 4.05. The van der Waals surface area contributed by atoms with E-state index in [1.165, 1.54) is 0 Å². The van der Waals surface area contributed by atoms with Gasteiger partial charge in [-0.15, -0.1) is 0 Å². The highest BCUT2D eigenvalue weighted by molar-refractivity contribution is 5.95. The van der Waals surface area contributed by atoms with Gasteiger partial charge in [0.25, 0.3) is 0 Å². The number of methoxy groups -OCH3 is 1. The van der Waals surface area contributed by atoms with Crippen LogP contribution in [-0.2, 0) is 0 Å². The minimum Gasteiger partial charge on any atom is -0.497 e. The molecular formula is C22H18N2O. The fourth-order valence-corrected chi connectivity index (χ4v) is 2.89. The summed E-state index contributed by atoms with van der Waals surface area (Å²) in [5, 5.41) is 4.60. The van der Waals surface area contributed by atoms with E-state index in [1.807, 2.05) is 60.7 Å². The van der Waals surface area contributed by atoms with Crippen molar-refractivity contribution in [2.45, 2.75) is 0 Å². The van der Waals surface area contributed by atoms with Gasteiger partial charge in [-0.25, -0.2) is 4.98 Å². The highest BCUT2D eigenvalue weighted by Crippen LogP contribution is 2.31. The molecule has 3 nitrogen and oxygen atoms in total. The number of hydrogen-bond acceptors (Lipinski definition) is 3. The molecule has 0 atom stereocenters. The van der Waals surface area contributed by atoms with E-state index in [2.05, 4.69) is 29.6 Å². The van der Waals surface area contributed by atoms with Crippen molar-refractivity contribution in [1.29, 1.82) is 0 Å². The fraction of sp³-hybridized carbons (Fsp3) is 0.0455. The molecule has 25 heavy (non-hydrogen) atoms. The molecule has 0 radical (unpaired) electrons. The minimum absolute atomic E-state index is 0.826. The van der Waals surface area contributed by atoms with E-state index in [0.29, 0.717) is 0 Å². The number of hydrogen-bond donors (Lipinski definition) is 1. The second-order valence-corrected chi connectivity index (χ2v) is 5.80. The number of rotatable bonds is 4. The second-order valence-electron chi connectivity index (χ2n) is 5.80. The molecule has 4 rings (SSSR count). The highest BCUT2D eigenvalue weighted by atomic mass is 16.5. The van der Waals surface area contributed by atoms with Crippen LogP contribution in [0.25, 0.3) is 22.2 Å². The third-order valence-electron chi connectivity index (χ3n) is 4.13. The zero-order valence-electron chi connectivity index (χ0n) is 13.9. The van der Waals surface area contributed by atoms with Crippen molar-refractivity contribution in [2.75, 3.05) is 12.4 Å². The van der Waals surface area contributed by atoms with Crippen molar-refractivity contribution >= 4 is 22.3 Å². The first-order valence-electron chi connectivity index (χ1n) is 8.20. The van der Waals surface area contributed by atoms with Crippen LogP contribution in [0.1, 0.15) is 0 Å². The van der Waals surface area contributed by atoms with E-state index in [-0.39, 0.29) is 0 Å². The van der Waals surface area contributed by atoms with Gasteiger partial charge < -0.3 is 10.1 Å². The van der Waals surface area contributed by atoms with E-state index >= 15 is 0 Å². The average Bonchev–Trinajstić information content (AvgIpc) is 2.69. The van der Waals surface area contributed by atoms with Crippen molar-refractivity contribution in [2.24, 2.45) is 0 Å². The van der Waals surface area contributed by atoms with Gasteiger partial charge in [0.2, 0.25) is 0 Å². The average molecular weight is 326 g/mol. The van der Waals surface area contributed by atoms with Gasteiger partial charge in [0.15, 0.2) is 0 Å². The van der Waals surface area contributed by atoms with Crippen LogP contribution in [0, 0.1) is 0 Å². The summed E-state index contributed by atoms with van der Waals surface area (Å²) in [5.74, 6) is 0.826. The standard InChI is InChI=1S/C22H18N2O/c1-25-18-11-7-10-17(14-18)23-22-15-21(16-8-3-2-4-9-16)24-20-13-6-5-12-19(20)22/h2-15H,1H3,(H,23,24). The van der Waals surface area contributed by atoms with Crippen molar-refractivity contribution in [3.05, 3.63) is 84.9 Å². The molecule has 0 aliphatic rings. The van der Waals surface area contributed by atoms with E-state index in [9.17, 15) is 0 Å². The summed E-state index contributed by atoms with van der Waals surface area (Å²) in [7, 11) is 1.68. The van der Waals surface area contributed by atoms with Crippen LogP contribution in [0.5, 0.6) is 5.75 Å². The molecule has 3 heteroatoms. The van der Waals surface area contributed by atoms with E-state index in [0.717, 1.165) is 39.3 Å². The van der Waals surface area contributed by atoms with Crippen LogP contribution in [0.15, 0.2) is 84.9 Å². The Morgan fingerprint density at radius 2 is 1.60 bits per heavy atom.